The van der Waals surface area contributed by atoms with Gasteiger partial charge in [0, 0.05) is 31.7 Å². The van der Waals surface area contributed by atoms with Crippen LogP contribution >= 0.6 is 15.9 Å². The minimum absolute atomic E-state index is 0.132. The molecule has 8 nitrogen and oxygen atoms in total. The topological polar surface area (TPSA) is 91.7 Å². The van der Waals surface area contributed by atoms with Crippen molar-refractivity contribution >= 4 is 27.7 Å². The number of ether oxygens (including phenoxy) is 1. The van der Waals surface area contributed by atoms with Crippen LogP contribution in [-0.4, -0.2) is 64.6 Å². The van der Waals surface area contributed by atoms with Crippen molar-refractivity contribution in [2.24, 2.45) is 0 Å². The number of carbonyl (C=O) groups is 2. The van der Waals surface area contributed by atoms with Gasteiger partial charge in [0.25, 0.3) is 11.8 Å². The van der Waals surface area contributed by atoms with Crippen LogP contribution in [0, 0.1) is 0 Å². The van der Waals surface area contributed by atoms with Crippen LogP contribution in [0.3, 0.4) is 0 Å². The standard InChI is InChI=1S/C21H21BrN4O4/c1-2-29-15-5-3-14(4-6-15)16-13-17(24-23-16)20(27)25-9-11-26(12-10-25)21(28)18-7-8-19(22)30-18/h3-8,13H,2,9-12H2,1H3,(H,23,24). The van der Waals surface area contributed by atoms with Gasteiger partial charge in [0.15, 0.2) is 10.4 Å². The Balaban J connectivity index is 1.37. The molecule has 0 atom stereocenters. The van der Waals surface area contributed by atoms with Crippen molar-refractivity contribution in [2.45, 2.75) is 6.92 Å². The quantitative estimate of drug-likeness (QED) is 0.613. The Kier molecular flexibility index (Phi) is 5.89. The Bertz CT molecular complexity index is 1040. The first kappa shape index (κ1) is 20.2. The molecule has 0 spiro atoms. The third-order valence-electron chi connectivity index (χ3n) is 4.91. The highest BCUT2D eigenvalue weighted by atomic mass is 79.9. The lowest BCUT2D eigenvalue weighted by molar-refractivity contribution is 0.0514. The van der Waals surface area contributed by atoms with Crippen molar-refractivity contribution in [2.75, 3.05) is 32.8 Å². The second kappa shape index (κ2) is 8.74. The number of benzene rings is 1. The van der Waals surface area contributed by atoms with E-state index in [4.69, 9.17) is 9.15 Å². The highest BCUT2D eigenvalue weighted by Crippen LogP contribution is 2.22. The minimum atomic E-state index is -0.174. The lowest BCUT2D eigenvalue weighted by atomic mass is 10.1. The van der Waals surface area contributed by atoms with Gasteiger partial charge in [-0.2, -0.15) is 5.10 Å². The maximum absolute atomic E-state index is 12.8. The van der Waals surface area contributed by atoms with Crippen molar-refractivity contribution in [3.05, 3.63) is 58.6 Å². The molecule has 9 heteroatoms. The van der Waals surface area contributed by atoms with Gasteiger partial charge in [-0.1, -0.05) is 0 Å². The third-order valence-corrected chi connectivity index (χ3v) is 5.33. The normalized spacial score (nSPS) is 14.1. The predicted molar refractivity (Wildman–Crippen MR) is 113 cm³/mol. The van der Waals surface area contributed by atoms with Crippen molar-refractivity contribution in [1.82, 2.24) is 20.0 Å². The average Bonchev–Trinajstić information content (AvgIpc) is 3.43. The van der Waals surface area contributed by atoms with Crippen molar-refractivity contribution < 1.29 is 18.7 Å². The van der Waals surface area contributed by atoms with Crippen molar-refractivity contribution in [1.29, 1.82) is 0 Å². The van der Waals surface area contributed by atoms with E-state index in [1.807, 2.05) is 31.2 Å². The van der Waals surface area contributed by atoms with Crippen molar-refractivity contribution in [3.63, 3.8) is 0 Å². The second-order valence-corrected chi connectivity index (χ2v) is 7.59. The van der Waals surface area contributed by atoms with Gasteiger partial charge in [0.2, 0.25) is 0 Å². The number of nitrogens with one attached hydrogen (secondary N) is 1. The highest BCUT2D eigenvalue weighted by molar-refractivity contribution is 9.10. The van der Waals surface area contributed by atoms with Crippen LogP contribution in [0.1, 0.15) is 28.0 Å². The maximum Gasteiger partial charge on any atom is 0.289 e. The molecule has 0 radical (unpaired) electrons. The summed E-state index contributed by atoms with van der Waals surface area (Å²) in [6.07, 6.45) is 0. The molecule has 1 fully saturated rings. The van der Waals surface area contributed by atoms with Gasteiger partial charge in [0.1, 0.15) is 11.4 Å². The van der Waals surface area contributed by atoms with Crippen LogP contribution < -0.4 is 4.74 Å². The molecule has 2 amide bonds. The zero-order chi connectivity index (χ0) is 21.1. The van der Waals surface area contributed by atoms with Crippen LogP contribution in [0.4, 0.5) is 0 Å². The van der Waals surface area contributed by atoms with Crippen molar-refractivity contribution in [3.8, 4) is 17.0 Å². The summed E-state index contributed by atoms with van der Waals surface area (Å²) in [5.41, 5.74) is 2.01. The molecule has 2 aromatic heterocycles. The van der Waals surface area contributed by atoms with Crippen LogP contribution in [0.5, 0.6) is 5.75 Å². The molecule has 1 aliphatic rings. The van der Waals surface area contributed by atoms with Gasteiger partial charge in [-0.05, 0) is 65.3 Å². The van der Waals surface area contributed by atoms with Gasteiger partial charge in [-0.15, -0.1) is 0 Å². The summed E-state index contributed by atoms with van der Waals surface area (Å²) in [5.74, 6) is 0.775. The molecule has 0 aliphatic carbocycles. The summed E-state index contributed by atoms with van der Waals surface area (Å²) in [7, 11) is 0. The maximum atomic E-state index is 12.8. The monoisotopic (exact) mass is 472 g/mol. The summed E-state index contributed by atoms with van der Waals surface area (Å²) >= 11 is 3.20. The van der Waals surface area contributed by atoms with E-state index in [-0.39, 0.29) is 17.6 Å². The van der Waals surface area contributed by atoms with Gasteiger partial charge in [-0.25, -0.2) is 0 Å². The number of rotatable bonds is 5. The molecule has 3 heterocycles. The minimum Gasteiger partial charge on any atom is -0.494 e. The number of aromatic nitrogens is 2. The first-order valence-electron chi connectivity index (χ1n) is 9.67. The molecule has 3 aromatic rings. The molecule has 4 rings (SSSR count). The SMILES string of the molecule is CCOc1ccc(-c2cc(C(=O)N3CCN(C(=O)c4ccc(Br)o4)CC3)[nH]n2)cc1. The van der Waals surface area contributed by atoms with E-state index in [0.717, 1.165) is 11.3 Å². The smallest absolute Gasteiger partial charge is 0.289 e. The summed E-state index contributed by atoms with van der Waals surface area (Å²) in [5, 5.41) is 7.10. The second-order valence-electron chi connectivity index (χ2n) is 6.81. The summed E-state index contributed by atoms with van der Waals surface area (Å²) in [4.78, 5) is 28.7. The lowest BCUT2D eigenvalue weighted by Gasteiger charge is -2.34. The summed E-state index contributed by atoms with van der Waals surface area (Å²) in [6, 6.07) is 12.6. The highest BCUT2D eigenvalue weighted by Gasteiger charge is 2.27. The fourth-order valence-corrected chi connectivity index (χ4v) is 3.64. The Morgan fingerprint density at radius 1 is 1.07 bits per heavy atom. The first-order chi connectivity index (χ1) is 14.5. The number of nitrogens with zero attached hydrogens (tertiary/aromatic N) is 3. The number of aromatic amines is 1. The molecule has 0 unspecified atom stereocenters. The Hall–Kier alpha value is -3.07. The fraction of sp³-hybridized carbons (Fsp3) is 0.286. The van der Waals surface area contributed by atoms with E-state index in [9.17, 15) is 9.59 Å². The summed E-state index contributed by atoms with van der Waals surface area (Å²) < 4.78 is 11.3. The zero-order valence-electron chi connectivity index (χ0n) is 16.4. The fourth-order valence-electron chi connectivity index (χ4n) is 3.34. The van der Waals surface area contributed by atoms with Gasteiger partial charge >= 0.3 is 0 Å². The molecule has 30 heavy (non-hydrogen) atoms. The number of hydrogen-bond donors (Lipinski definition) is 1. The Labute approximate surface area is 181 Å². The lowest BCUT2D eigenvalue weighted by Crippen LogP contribution is -2.50. The van der Waals surface area contributed by atoms with E-state index < -0.39 is 0 Å². The van der Waals surface area contributed by atoms with Crippen LogP contribution in [0.15, 0.2) is 51.6 Å². The number of piperazine rings is 1. The molecule has 0 bridgehead atoms. The molecule has 1 aliphatic heterocycles. The Morgan fingerprint density at radius 3 is 2.33 bits per heavy atom. The molecule has 1 N–H and O–H groups in total. The number of carbonyl (C=O) groups excluding carboxylic acids is 2. The van der Waals surface area contributed by atoms with E-state index in [2.05, 4.69) is 26.1 Å². The van der Waals surface area contributed by atoms with Gasteiger partial charge in [-0.3, -0.25) is 14.7 Å². The average molecular weight is 473 g/mol. The first-order valence-corrected chi connectivity index (χ1v) is 10.5. The Morgan fingerprint density at radius 2 is 1.73 bits per heavy atom. The number of amides is 2. The van der Waals surface area contributed by atoms with Crippen LogP contribution in [0.2, 0.25) is 0 Å². The van der Waals surface area contributed by atoms with E-state index in [1.54, 1.807) is 28.0 Å². The zero-order valence-corrected chi connectivity index (χ0v) is 18.0. The largest absolute Gasteiger partial charge is 0.494 e. The van der Waals surface area contributed by atoms with E-state index in [0.29, 0.717) is 48.8 Å². The molecule has 1 saturated heterocycles. The number of H-pyrrole nitrogens is 1. The third kappa shape index (κ3) is 4.25. The van der Waals surface area contributed by atoms with Crippen LogP contribution in [-0.2, 0) is 0 Å². The summed E-state index contributed by atoms with van der Waals surface area (Å²) in [6.45, 7) is 4.34. The molecular formula is C21H21BrN4O4. The predicted octanol–water partition coefficient (Wildman–Crippen LogP) is 3.43. The van der Waals surface area contributed by atoms with Crippen LogP contribution in [0.25, 0.3) is 11.3 Å². The van der Waals surface area contributed by atoms with Gasteiger partial charge < -0.3 is 19.0 Å². The van der Waals surface area contributed by atoms with E-state index in [1.165, 1.54) is 0 Å². The number of furan rings is 1. The molecule has 1 aromatic carbocycles. The molecule has 0 saturated carbocycles. The number of halogens is 1. The number of hydrogen-bond acceptors (Lipinski definition) is 5. The molecular weight excluding hydrogens is 452 g/mol. The van der Waals surface area contributed by atoms with E-state index >= 15 is 0 Å². The van der Waals surface area contributed by atoms with Gasteiger partial charge in [0.05, 0.1) is 12.3 Å². The molecule has 156 valence electrons.